The van der Waals surface area contributed by atoms with Crippen molar-refractivity contribution in [3.8, 4) is 5.75 Å². The number of hydrogen-bond donors (Lipinski definition) is 1. The second kappa shape index (κ2) is 11.4. The smallest absolute Gasteiger partial charge is 0.118 e. The van der Waals surface area contributed by atoms with Gasteiger partial charge in [0.25, 0.3) is 0 Å². The van der Waals surface area contributed by atoms with Gasteiger partial charge in [0.15, 0.2) is 0 Å². The lowest BCUT2D eigenvalue weighted by molar-refractivity contribution is 0.00712. The van der Waals surface area contributed by atoms with E-state index in [1.165, 1.54) is 11.1 Å². The molecule has 0 aliphatic carbocycles. The molecule has 0 bridgehead atoms. The molecule has 4 nitrogen and oxygen atoms in total. The van der Waals surface area contributed by atoms with Crippen LogP contribution in [0.3, 0.4) is 0 Å². The summed E-state index contributed by atoms with van der Waals surface area (Å²) in [6, 6.07) is 28.4. The van der Waals surface area contributed by atoms with Crippen LogP contribution in [0.1, 0.15) is 16.7 Å². The summed E-state index contributed by atoms with van der Waals surface area (Å²) in [7, 11) is 1.67. The third-order valence-corrected chi connectivity index (χ3v) is 4.70. The minimum Gasteiger partial charge on any atom is -0.497 e. The molecular weight excluding hydrogens is 362 g/mol. The first-order valence-electron chi connectivity index (χ1n) is 9.92. The zero-order valence-corrected chi connectivity index (χ0v) is 16.9. The van der Waals surface area contributed by atoms with Gasteiger partial charge in [0.1, 0.15) is 5.75 Å². The molecule has 4 heteroatoms. The molecule has 3 rings (SSSR count). The van der Waals surface area contributed by atoms with Crippen LogP contribution in [0, 0.1) is 0 Å². The lowest BCUT2D eigenvalue weighted by Crippen LogP contribution is -2.34. The highest BCUT2D eigenvalue weighted by molar-refractivity contribution is 5.27. The predicted molar refractivity (Wildman–Crippen MR) is 116 cm³/mol. The molecule has 3 aromatic rings. The highest BCUT2D eigenvalue weighted by Crippen LogP contribution is 2.15. The molecule has 29 heavy (non-hydrogen) atoms. The first kappa shape index (κ1) is 21.1. The fourth-order valence-corrected chi connectivity index (χ4v) is 3.25. The molecule has 0 saturated heterocycles. The van der Waals surface area contributed by atoms with E-state index in [4.69, 9.17) is 9.47 Å². The maximum atomic E-state index is 10.5. The van der Waals surface area contributed by atoms with Gasteiger partial charge in [-0.15, -0.1) is 0 Å². The van der Waals surface area contributed by atoms with Crippen molar-refractivity contribution in [1.82, 2.24) is 4.90 Å². The van der Waals surface area contributed by atoms with E-state index < -0.39 is 6.10 Å². The van der Waals surface area contributed by atoms with E-state index in [0.717, 1.165) is 24.4 Å². The van der Waals surface area contributed by atoms with Crippen molar-refractivity contribution in [2.24, 2.45) is 0 Å². The van der Waals surface area contributed by atoms with Gasteiger partial charge in [0.05, 0.1) is 26.4 Å². The van der Waals surface area contributed by atoms with Crippen molar-refractivity contribution >= 4 is 0 Å². The molecule has 0 fully saturated rings. The van der Waals surface area contributed by atoms with Crippen LogP contribution in [-0.2, 0) is 24.4 Å². The molecule has 0 heterocycles. The number of benzene rings is 3. The Morgan fingerprint density at radius 3 is 1.90 bits per heavy atom. The Kier molecular flexibility index (Phi) is 8.25. The Labute approximate surface area is 173 Å². The number of aliphatic hydroxyl groups is 1. The Bertz CT molecular complexity index is 822. The third-order valence-electron chi connectivity index (χ3n) is 4.70. The van der Waals surface area contributed by atoms with Gasteiger partial charge < -0.3 is 14.6 Å². The number of methoxy groups -OCH3 is 1. The van der Waals surface area contributed by atoms with E-state index >= 15 is 0 Å². The quantitative estimate of drug-likeness (QED) is 0.530. The molecule has 1 N–H and O–H groups in total. The van der Waals surface area contributed by atoms with Gasteiger partial charge in [-0.1, -0.05) is 72.8 Å². The van der Waals surface area contributed by atoms with Gasteiger partial charge in [0, 0.05) is 19.6 Å². The summed E-state index contributed by atoms with van der Waals surface area (Å²) in [4.78, 5) is 2.24. The van der Waals surface area contributed by atoms with E-state index in [9.17, 15) is 5.11 Å². The Morgan fingerprint density at radius 1 is 0.759 bits per heavy atom. The highest BCUT2D eigenvalue weighted by Gasteiger charge is 2.14. The first-order valence-corrected chi connectivity index (χ1v) is 9.92. The maximum absolute atomic E-state index is 10.5. The van der Waals surface area contributed by atoms with Gasteiger partial charge in [-0.25, -0.2) is 0 Å². The fraction of sp³-hybridized carbons (Fsp3) is 0.280. The molecule has 0 unspecified atom stereocenters. The number of nitrogens with zero attached hydrogens (tertiary/aromatic N) is 1. The molecule has 0 spiro atoms. The van der Waals surface area contributed by atoms with E-state index in [1.807, 2.05) is 60.7 Å². The minimum absolute atomic E-state index is 0.308. The van der Waals surface area contributed by atoms with E-state index in [0.29, 0.717) is 19.8 Å². The predicted octanol–water partition coefficient (Wildman–Crippen LogP) is 4.28. The average Bonchev–Trinajstić information content (AvgIpc) is 2.76. The molecule has 1 atom stereocenters. The van der Waals surface area contributed by atoms with Crippen molar-refractivity contribution < 1.29 is 14.6 Å². The lowest BCUT2D eigenvalue weighted by Gasteiger charge is -2.25. The monoisotopic (exact) mass is 391 g/mol. The molecule has 152 valence electrons. The van der Waals surface area contributed by atoms with Gasteiger partial charge in [-0.3, -0.25) is 4.90 Å². The molecule has 0 aromatic heterocycles. The maximum Gasteiger partial charge on any atom is 0.118 e. The largest absolute Gasteiger partial charge is 0.497 e. The fourth-order valence-electron chi connectivity index (χ4n) is 3.25. The summed E-state index contributed by atoms with van der Waals surface area (Å²) in [5.41, 5.74) is 3.51. The Balaban J connectivity index is 1.57. The van der Waals surface area contributed by atoms with Crippen LogP contribution >= 0.6 is 0 Å². The summed E-state index contributed by atoms with van der Waals surface area (Å²) in [5, 5.41) is 10.5. The van der Waals surface area contributed by atoms with Gasteiger partial charge >= 0.3 is 0 Å². The summed E-state index contributed by atoms with van der Waals surface area (Å²) in [6.45, 7) is 2.87. The molecule has 0 radical (unpaired) electrons. The zero-order chi connectivity index (χ0) is 20.3. The average molecular weight is 392 g/mol. The number of hydrogen-bond acceptors (Lipinski definition) is 4. The lowest BCUT2D eigenvalue weighted by atomic mass is 10.1. The molecule has 3 aromatic carbocycles. The van der Waals surface area contributed by atoms with Crippen LogP contribution in [0.5, 0.6) is 5.75 Å². The SMILES string of the molecule is COc1ccc(CN(Cc2ccccc2)C[C@H](O)COCc2ccccc2)cc1. The van der Waals surface area contributed by atoms with Crippen LogP contribution < -0.4 is 4.74 Å². The normalized spacial score (nSPS) is 12.1. The number of ether oxygens (including phenoxy) is 2. The topological polar surface area (TPSA) is 41.9 Å². The van der Waals surface area contributed by atoms with Crippen molar-refractivity contribution in [2.75, 3.05) is 20.3 Å². The first-order chi connectivity index (χ1) is 14.2. The van der Waals surface area contributed by atoms with Crippen molar-refractivity contribution in [1.29, 1.82) is 0 Å². The Morgan fingerprint density at radius 2 is 1.31 bits per heavy atom. The number of rotatable bonds is 11. The van der Waals surface area contributed by atoms with Crippen LogP contribution in [0.4, 0.5) is 0 Å². The second-order valence-corrected chi connectivity index (χ2v) is 7.16. The minimum atomic E-state index is -0.555. The zero-order valence-electron chi connectivity index (χ0n) is 16.9. The van der Waals surface area contributed by atoms with Crippen molar-refractivity contribution in [2.45, 2.75) is 25.8 Å². The van der Waals surface area contributed by atoms with Crippen molar-refractivity contribution in [3.63, 3.8) is 0 Å². The van der Waals surface area contributed by atoms with E-state index in [2.05, 4.69) is 29.2 Å². The van der Waals surface area contributed by atoms with E-state index in [1.54, 1.807) is 7.11 Å². The summed E-state index contributed by atoms with van der Waals surface area (Å²) in [5.74, 6) is 0.845. The molecule has 0 aliphatic heterocycles. The number of aliphatic hydroxyl groups excluding tert-OH is 1. The van der Waals surface area contributed by atoms with Gasteiger partial charge in [0.2, 0.25) is 0 Å². The Hall–Kier alpha value is -2.66. The van der Waals surface area contributed by atoms with Crippen LogP contribution in [0.2, 0.25) is 0 Å². The van der Waals surface area contributed by atoms with Crippen LogP contribution in [-0.4, -0.2) is 36.4 Å². The van der Waals surface area contributed by atoms with Gasteiger partial charge in [-0.05, 0) is 28.8 Å². The van der Waals surface area contributed by atoms with Crippen LogP contribution in [0.15, 0.2) is 84.9 Å². The van der Waals surface area contributed by atoms with Crippen LogP contribution in [0.25, 0.3) is 0 Å². The molecule has 0 aliphatic rings. The van der Waals surface area contributed by atoms with Crippen molar-refractivity contribution in [3.05, 3.63) is 102 Å². The molecule has 0 saturated carbocycles. The standard InChI is InChI=1S/C25H29NO3/c1-28-25-14-12-22(13-15-25)17-26(16-21-8-4-2-5-9-21)18-24(27)20-29-19-23-10-6-3-7-11-23/h2-15,24,27H,16-20H2,1H3/t24-/m0/s1. The summed E-state index contributed by atoms with van der Waals surface area (Å²) < 4.78 is 11.0. The van der Waals surface area contributed by atoms with Gasteiger partial charge in [-0.2, -0.15) is 0 Å². The molecular formula is C25H29NO3. The highest BCUT2D eigenvalue weighted by atomic mass is 16.5. The third kappa shape index (κ3) is 7.35. The summed E-state index contributed by atoms with van der Waals surface area (Å²) in [6.07, 6.45) is -0.555. The second-order valence-electron chi connectivity index (χ2n) is 7.16. The summed E-state index contributed by atoms with van der Waals surface area (Å²) >= 11 is 0. The van der Waals surface area contributed by atoms with E-state index in [-0.39, 0.29) is 0 Å². The molecule has 0 amide bonds.